The fourth-order valence-electron chi connectivity index (χ4n) is 2.60. The van der Waals surface area contributed by atoms with E-state index in [-0.39, 0.29) is 0 Å². The van der Waals surface area contributed by atoms with Gasteiger partial charge in [0.25, 0.3) is 0 Å². The topological polar surface area (TPSA) is 39.3 Å². The van der Waals surface area contributed by atoms with Crippen molar-refractivity contribution in [2.24, 2.45) is 0 Å². The summed E-state index contributed by atoms with van der Waals surface area (Å²) in [7, 11) is 0. The molecule has 1 aromatic carbocycles. The Morgan fingerprint density at radius 2 is 2.35 bits per heavy atom. The van der Waals surface area contributed by atoms with Gasteiger partial charge in [-0.15, -0.1) is 0 Å². The highest BCUT2D eigenvalue weighted by molar-refractivity contribution is 5.88. The Bertz CT molecular complexity index is 532. The van der Waals surface area contributed by atoms with Crippen LogP contribution in [-0.4, -0.2) is 34.1 Å². The Morgan fingerprint density at radius 3 is 3.06 bits per heavy atom. The Hall–Kier alpha value is -1.48. The minimum absolute atomic E-state index is 0.385. The van der Waals surface area contributed by atoms with Crippen LogP contribution in [-0.2, 0) is 6.42 Å². The molecule has 0 saturated carbocycles. The summed E-state index contributed by atoms with van der Waals surface area (Å²) in [5.74, 6) is 0.385. The molecule has 0 bridgehead atoms. The average molecular weight is 230 g/mol. The van der Waals surface area contributed by atoms with E-state index < -0.39 is 0 Å². The number of phenolic OH excluding ortho intramolecular Hbond substituents is 1. The zero-order valence-electron chi connectivity index (χ0n) is 10.1. The van der Waals surface area contributed by atoms with Gasteiger partial charge >= 0.3 is 0 Å². The first kappa shape index (κ1) is 10.7. The van der Waals surface area contributed by atoms with Gasteiger partial charge in [0, 0.05) is 29.7 Å². The largest absolute Gasteiger partial charge is 0.507 e. The van der Waals surface area contributed by atoms with Crippen molar-refractivity contribution < 1.29 is 5.11 Å². The van der Waals surface area contributed by atoms with Crippen molar-refractivity contribution in [1.82, 2.24) is 9.88 Å². The molecule has 0 radical (unpaired) electrons. The maximum Gasteiger partial charge on any atom is 0.125 e. The van der Waals surface area contributed by atoms with Gasteiger partial charge in [-0.25, -0.2) is 0 Å². The molecule has 1 fully saturated rings. The number of nitrogens with zero attached hydrogens (tertiary/aromatic N) is 1. The SMILES string of the molecule is CC1CCN1CCc1c[nH]c2cccc(O)c12. The molecule has 17 heavy (non-hydrogen) atoms. The van der Waals surface area contributed by atoms with Gasteiger partial charge < -0.3 is 15.0 Å². The summed E-state index contributed by atoms with van der Waals surface area (Å²) >= 11 is 0. The van der Waals surface area contributed by atoms with Gasteiger partial charge in [-0.2, -0.15) is 0 Å². The van der Waals surface area contributed by atoms with Crippen LogP contribution in [0.1, 0.15) is 18.9 Å². The highest BCUT2D eigenvalue weighted by atomic mass is 16.3. The van der Waals surface area contributed by atoms with Crippen molar-refractivity contribution in [3.05, 3.63) is 30.0 Å². The van der Waals surface area contributed by atoms with Crippen LogP contribution < -0.4 is 0 Å². The number of hydrogen-bond donors (Lipinski definition) is 2. The van der Waals surface area contributed by atoms with E-state index >= 15 is 0 Å². The lowest BCUT2D eigenvalue weighted by Crippen LogP contribution is -2.46. The third-order valence-electron chi connectivity index (χ3n) is 3.89. The molecule has 90 valence electrons. The zero-order valence-corrected chi connectivity index (χ0v) is 10.1. The standard InChI is InChI=1S/C14H18N2O/c1-10-5-7-16(10)8-6-11-9-15-12-3-2-4-13(17)14(11)12/h2-4,9-10,15,17H,5-8H2,1H3. The Kier molecular flexibility index (Phi) is 2.56. The summed E-state index contributed by atoms with van der Waals surface area (Å²) in [5.41, 5.74) is 2.24. The van der Waals surface area contributed by atoms with Crippen LogP contribution >= 0.6 is 0 Å². The number of aromatic hydroxyl groups is 1. The van der Waals surface area contributed by atoms with E-state index in [2.05, 4.69) is 16.8 Å². The van der Waals surface area contributed by atoms with E-state index in [1.807, 2.05) is 18.3 Å². The van der Waals surface area contributed by atoms with Crippen molar-refractivity contribution in [1.29, 1.82) is 0 Å². The number of H-pyrrole nitrogens is 1. The van der Waals surface area contributed by atoms with E-state index in [1.165, 1.54) is 18.5 Å². The first-order valence-corrected chi connectivity index (χ1v) is 6.27. The summed E-state index contributed by atoms with van der Waals surface area (Å²) in [5, 5.41) is 10.9. The van der Waals surface area contributed by atoms with E-state index in [9.17, 15) is 5.11 Å². The summed E-state index contributed by atoms with van der Waals surface area (Å²) in [6.07, 6.45) is 4.34. The van der Waals surface area contributed by atoms with Crippen molar-refractivity contribution >= 4 is 10.9 Å². The fraction of sp³-hybridized carbons (Fsp3) is 0.429. The van der Waals surface area contributed by atoms with Gasteiger partial charge in [-0.1, -0.05) is 6.07 Å². The van der Waals surface area contributed by atoms with Crippen LogP contribution in [0.5, 0.6) is 5.75 Å². The molecule has 0 aliphatic carbocycles. The molecule has 3 heteroatoms. The van der Waals surface area contributed by atoms with Crippen LogP contribution in [0.25, 0.3) is 10.9 Å². The van der Waals surface area contributed by atoms with E-state index in [0.717, 1.165) is 29.9 Å². The first-order chi connectivity index (χ1) is 8.25. The summed E-state index contributed by atoms with van der Waals surface area (Å²) in [4.78, 5) is 5.71. The van der Waals surface area contributed by atoms with Gasteiger partial charge in [0.15, 0.2) is 0 Å². The molecule has 1 saturated heterocycles. The van der Waals surface area contributed by atoms with Crippen LogP contribution in [0.3, 0.4) is 0 Å². The van der Waals surface area contributed by atoms with E-state index in [0.29, 0.717) is 5.75 Å². The van der Waals surface area contributed by atoms with Gasteiger partial charge in [0.1, 0.15) is 5.75 Å². The number of aromatic nitrogens is 1. The van der Waals surface area contributed by atoms with Crippen molar-refractivity contribution in [2.45, 2.75) is 25.8 Å². The predicted molar refractivity (Wildman–Crippen MR) is 69.3 cm³/mol. The number of benzene rings is 1. The minimum atomic E-state index is 0.385. The zero-order chi connectivity index (χ0) is 11.8. The molecule has 2 aromatic rings. The third kappa shape index (κ3) is 1.80. The second-order valence-electron chi connectivity index (χ2n) is 4.94. The molecule has 3 rings (SSSR count). The smallest absolute Gasteiger partial charge is 0.125 e. The summed E-state index contributed by atoms with van der Waals surface area (Å²) < 4.78 is 0. The normalized spacial score (nSPS) is 20.6. The fourth-order valence-corrected chi connectivity index (χ4v) is 2.60. The van der Waals surface area contributed by atoms with Crippen LogP contribution in [0.2, 0.25) is 0 Å². The quantitative estimate of drug-likeness (QED) is 0.850. The number of likely N-dealkylation sites (tertiary alicyclic amines) is 1. The van der Waals surface area contributed by atoms with E-state index in [1.54, 1.807) is 6.07 Å². The summed E-state index contributed by atoms with van der Waals surface area (Å²) in [6, 6.07) is 6.36. The second-order valence-corrected chi connectivity index (χ2v) is 4.94. The van der Waals surface area contributed by atoms with E-state index in [4.69, 9.17) is 0 Å². The number of rotatable bonds is 3. The van der Waals surface area contributed by atoms with Crippen LogP contribution in [0.4, 0.5) is 0 Å². The third-order valence-corrected chi connectivity index (χ3v) is 3.89. The molecule has 1 aromatic heterocycles. The molecule has 2 N–H and O–H groups in total. The van der Waals surface area contributed by atoms with Crippen LogP contribution in [0, 0.1) is 0 Å². The molecule has 1 atom stereocenters. The van der Waals surface area contributed by atoms with Gasteiger partial charge in [0.2, 0.25) is 0 Å². The molecular formula is C14H18N2O. The van der Waals surface area contributed by atoms with Crippen molar-refractivity contribution in [2.75, 3.05) is 13.1 Å². The summed E-state index contributed by atoms with van der Waals surface area (Å²) in [6.45, 7) is 4.58. The Labute approximate surface area is 101 Å². The van der Waals surface area contributed by atoms with Gasteiger partial charge in [-0.05, 0) is 44.0 Å². The molecular weight excluding hydrogens is 212 g/mol. The van der Waals surface area contributed by atoms with Crippen molar-refractivity contribution in [3.8, 4) is 5.75 Å². The molecule has 3 nitrogen and oxygen atoms in total. The molecule has 0 amide bonds. The Morgan fingerprint density at radius 1 is 1.47 bits per heavy atom. The monoisotopic (exact) mass is 230 g/mol. The maximum atomic E-state index is 9.90. The highest BCUT2D eigenvalue weighted by Crippen LogP contribution is 2.28. The maximum absolute atomic E-state index is 9.90. The highest BCUT2D eigenvalue weighted by Gasteiger charge is 2.22. The molecule has 1 aliphatic heterocycles. The number of hydrogen-bond acceptors (Lipinski definition) is 2. The number of nitrogens with one attached hydrogen (secondary N) is 1. The minimum Gasteiger partial charge on any atom is -0.507 e. The second kappa shape index (κ2) is 4.08. The van der Waals surface area contributed by atoms with Gasteiger partial charge in [-0.3, -0.25) is 0 Å². The lowest BCUT2D eigenvalue weighted by Gasteiger charge is -2.38. The average Bonchev–Trinajstić information content (AvgIpc) is 2.72. The molecule has 0 spiro atoms. The molecule has 1 unspecified atom stereocenters. The van der Waals surface area contributed by atoms with Crippen LogP contribution in [0.15, 0.2) is 24.4 Å². The van der Waals surface area contributed by atoms with Gasteiger partial charge in [0.05, 0.1) is 0 Å². The molecule has 2 heterocycles. The lowest BCUT2D eigenvalue weighted by molar-refractivity contribution is 0.107. The Balaban J connectivity index is 1.80. The molecule has 1 aliphatic rings. The van der Waals surface area contributed by atoms with Crippen molar-refractivity contribution in [3.63, 3.8) is 0 Å². The number of phenols is 1. The lowest BCUT2D eigenvalue weighted by atomic mass is 10.0. The number of aromatic amines is 1. The first-order valence-electron chi connectivity index (χ1n) is 6.27. The number of fused-ring (bicyclic) bond motifs is 1. The predicted octanol–water partition coefficient (Wildman–Crippen LogP) is 2.51.